The van der Waals surface area contributed by atoms with Crippen molar-refractivity contribution in [2.75, 3.05) is 0 Å². The molecule has 0 aliphatic rings. The maximum absolute atomic E-state index is 0. The molecule has 0 unspecified atom stereocenters. The van der Waals surface area contributed by atoms with Crippen molar-refractivity contribution >= 4 is 34.7 Å². The summed E-state index contributed by atoms with van der Waals surface area (Å²) in [4.78, 5) is 0. The minimum atomic E-state index is 0. The lowest BCUT2D eigenvalue weighted by atomic mass is 16.0. The van der Waals surface area contributed by atoms with E-state index in [1.807, 2.05) is 0 Å². The van der Waals surface area contributed by atoms with E-state index in [1.165, 1.54) is 0 Å². The van der Waals surface area contributed by atoms with Crippen molar-refractivity contribution in [1.29, 1.82) is 0 Å². The van der Waals surface area contributed by atoms with Crippen LogP contribution in [0.15, 0.2) is 0 Å². The third kappa shape index (κ3) is 340. The molecule has 0 aliphatic heterocycles. The van der Waals surface area contributed by atoms with Crippen LogP contribution in [0.4, 0.5) is 0 Å². The Hall–Kier alpha value is 0.825. The first-order valence-corrected chi connectivity index (χ1v) is 0. The van der Waals surface area contributed by atoms with Crippen molar-refractivity contribution in [3.63, 3.8) is 0 Å². The zero-order valence-corrected chi connectivity index (χ0v) is 3.00. The van der Waals surface area contributed by atoms with Gasteiger partial charge in [0.15, 0.2) is 34.7 Å². The molecule has 0 fully saturated rings. The van der Waals surface area contributed by atoms with E-state index in [1.54, 1.807) is 0 Å². The standard InChI is InChI=1S/2Al.6H2O.6H/h;;6*1H2;;;;;;. The highest BCUT2D eigenvalue weighted by molar-refractivity contribution is 5.76. The van der Waals surface area contributed by atoms with Crippen LogP contribution in [-0.2, 0) is 0 Å². The summed E-state index contributed by atoms with van der Waals surface area (Å²) >= 11 is 0. The van der Waals surface area contributed by atoms with Gasteiger partial charge in [0.2, 0.25) is 0 Å². The van der Waals surface area contributed by atoms with Gasteiger partial charge >= 0.3 is 0 Å². The van der Waals surface area contributed by atoms with Gasteiger partial charge < -0.3 is 32.9 Å². The topological polar surface area (TPSA) is 189 Å². The van der Waals surface area contributed by atoms with E-state index in [2.05, 4.69) is 0 Å². The quantitative estimate of drug-likeness (QED) is 0.310. The average molecular weight is 168 g/mol. The SMILES string of the molecule is O.O.O.O.O.O.[AlH3].[AlH3]. The maximum atomic E-state index is 0. The summed E-state index contributed by atoms with van der Waals surface area (Å²) < 4.78 is 0. The molecule has 0 amide bonds. The van der Waals surface area contributed by atoms with Gasteiger partial charge in [0.25, 0.3) is 0 Å². The van der Waals surface area contributed by atoms with Crippen LogP contribution >= 0.6 is 0 Å². The molecule has 0 aliphatic carbocycles. The highest BCUT2D eigenvalue weighted by atomic mass is 27.0. The minimum absolute atomic E-state index is 0. The maximum Gasteiger partial charge on any atom is 0.187 e. The molecule has 8 heavy (non-hydrogen) atoms. The molecule has 0 bridgehead atoms. The third-order valence-corrected chi connectivity index (χ3v) is 0. The molecule has 0 aromatic carbocycles. The Morgan fingerprint density at radius 1 is 0.250 bits per heavy atom. The Labute approximate surface area is 68.0 Å². The van der Waals surface area contributed by atoms with Crippen molar-refractivity contribution in [3.05, 3.63) is 0 Å². The normalized spacial score (nSPS) is 0. The van der Waals surface area contributed by atoms with Crippen LogP contribution in [0.25, 0.3) is 0 Å². The first kappa shape index (κ1) is 794. The Morgan fingerprint density at radius 2 is 0.250 bits per heavy atom. The lowest BCUT2D eigenvalue weighted by Crippen LogP contribution is -0.382. The molecule has 8 heteroatoms. The van der Waals surface area contributed by atoms with Gasteiger partial charge in [0.05, 0.1) is 0 Å². The second-order valence-electron chi connectivity index (χ2n) is 0. The summed E-state index contributed by atoms with van der Waals surface area (Å²) in [5.41, 5.74) is 0. The molecule has 0 heterocycles. The van der Waals surface area contributed by atoms with Gasteiger partial charge in [-0.05, 0) is 0 Å². The van der Waals surface area contributed by atoms with Gasteiger partial charge in [-0.15, -0.1) is 0 Å². The molecule has 0 aromatic heterocycles. The second kappa shape index (κ2) is 536. The Kier molecular flexibility index (Phi) is 53200. The molecular formula is H18Al2O6. The van der Waals surface area contributed by atoms with Crippen LogP contribution in [0.1, 0.15) is 0 Å². The fraction of sp³-hybridized carbons (Fsp3) is 0. The number of rotatable bonds is 0. The molecule has 0 spiro atoms. The number of hydrogen-bond acceptors (Lipinski definition) is 0. The molecule has 0 rings (SSSR count). The van der Waals surface area contributed by atoms with Crippen molar-refractivity contribution in [3.8, 4) is 0 Å². The largest absolute Gasteiger partial charge is 0.412 e. The smallest absolute Gasteiger partial charge is 0.187 e. The summed E-state index contributed by atoms with van der Waals surface area (Å²) in [5.74, 6) is 0. The molecule has 12 N–H and O–H groups in total. The average Bonchev–Trinajstić information content (AvgIpc) is 0. The van der Waals surface area contributed by atoms with Crippen molar-refractivity contribution in [1.82, 2.24) is 0 Å². The van der Waals surface area contributed by atoms with Crippen molar-refractivity contribution in [2.45, 2.75) is 0 Å². The highest BCUT2D eigenvalue weighted by Gasteiger charge is 0.188. The number of hydrogen-bond donors (Lipinski definition) is 0. The van der Waals surface area contributed by atoms with Crippen molar-refractivity contribution in [2.24, 2.45) is 0 Å². The van der Waals surface area contributed by atoms with E-state index in [4.69, 9.17) is 0 Å². The van der Waals surface area contributed by atoms with E-state index in [9.17, 15) is 0 Å². The predicted molar refractivity (Wildman–Crippen MR) is 41.6 cm³/mol. The van der Waals surface area contributed by atoms with Gasteiger partial charge in [-0.25, -0.2) is 0 Å². The molecular weight excluding hydrogens is 150 g/mol. The van der Waals surface area contributed by atoms with Crippen LogP contribution in [-0.4, -0.2) is 67.6 Å². The van der Waals surface area contributed by atoms with Gasteiger partial charge in [-0.2, -0.15) is 0 Å². The lowest BCUT2D eigenvalue weighted by molar-refractivity contribution is 0.823. The Morgan fingerprint density at radius 3 is 0.250 bits per heavy atom. The van der Waals surface area contributed by atoms with E-state index in [-0.39, 0.29) is 67.6 Å². The summed E-state index contributed by atoms with van der Waals surface area (Å²) in [6.45, 7) is 0. The molecule has 0 saturated carbocycles. The molecule has 6 nitrogen and oxygen atoms in total. The summed E-state index contributed by atoms with van der Waals surface area (Å²) in [5, 5.41) is 0. The Bertz CT molecular complexity index is 6.49. The van der Waals surface area contributed by atoms with Crippen molar-refractivity contribution < 1.29 is 32.9 Å². The van der Waals surface area contributed by atoms with E-state index in [0.717, 1.165) is 0 Å². The zero-order chi connectivity index (χ0) is 0. The van der Waals surface area contributed by atoms with E-state index in [0.29, 0.717) is 0 Å². The van der Waals surface area contributed by atoms with Gasteiger partial charge in [-0.1, -0.05) is 0 Å². The fourth-order valence-corrected chi connectivity index (χ4v) is 0. The Balaban J connectivity index is 0. The third-order valence-electron chi connectivity index (χ3n) is 0. The summed E-state index contributed by atoms with van der Waals surface area (Å²) in [6.07, 6.45) is 0. The van der Waals surface area contributed by atoms with Crippen LogP contribution in [0.3, 0.4) is 0 Å². The van der Waals surface area contributed by atoms with Gasteiger partial charge in [0, 0.05) is 0 Å². The van der Waals surface area contributed by atoms with Crippen LogP contribution in [0.5, 0.6) is 0 Å². The first-order chi connectivity index (χ1) is 0. The lowest BCUT2D eigenvalue weighted by Gasteiger charge is -0.413. The summed E-state index contributed by atoms with van der Waals surface area (Å²) in [6, 6.07) is 0. The molecule has 0 saturated heterocycles. The zero-order valence-electron chi connectivity index (χ0n) is 3.00. The molecule has 0 aromatic rings. The molecule has 0 atom stereocenters. The van der Waals surface area contributed by atoms with Crippen LogP contribution in [0.2, 0.25) is 0 Å². The monoisotopic (exact) mass is 168 g/mol. The molecule has 60 valence electrons. The highest BCUT2D eigenvalue weighted by Crippen LogP contribution is -0.284. The van der Waals surface area contributed by atoms with E-state index >= 15 is 0 Å². The molecule has 0 radical (unpaired) electrons. The van der Waals surface area contributed by atoms with Crippen LogP contribution in [0, 0.1) is 0 Å². The predicted octanol–water partition coefficient (Wildman–Crippen LogP) is -7.32. The van der Waals surface area contributed by atoms with Gasteiger partial charge in [-0.3, -0.25) is 0 Å². The van der Waals surface area contributed by atoms with E-state index < -0.39 is 0 Å². The summed E-state index contributed by atoms with van der Waals surface area (Å²) in [7, 11) is 0. The van der Waals surface area contributed by atoms with Crippen LogP contribution < -0.4 is 0 Å². The second-order valence-corrected chi connectivity index (χ2v) is 0. The minimum Gasteiger partial charge on any atom is -0.412 e. The fourth-order valence-electron chi connectivity index (χ4n) is 0. The first-order valence-electron chi connectivity index (χ1n) is 0. The van der Waals surface area contributed by atoms with Gasteiger partial charge in [0.1, 0.15) is 0 Å².